The van der Waals surface area contributed by atoms with E-state index in [1.54, 1.807) is 0 Å². The summed E-state index contributed by atoms with van der Waals surface area (Å²) in [6, 6.07) is 7.50. The van der Waals surface area contributed by atoms with Gasteiger partial charge < -0.3 is 11.1 Å². The molecule has 0 aliphatic rings. The number of benzene rings is 1. The Morgan fingerprint density at radius 3 is 2.31 bits per heavy atom. The van der Waals surface area contributed by atoms with Gasteiger partial charge in [0.15, 0.2) is 0 Å². The van der Waals surface area contributed by atoms with Crippen molar-refractivity contribution in [1.82, 2.24) is 10.2 Å². The molecule has 2 atom stereocenters. The number of hydrogen-bond acceptors (Lipinski definition) is 5. The molecule has 3 N–H and O–H groups in total. The second-order valence-electron chi connectivity index (χ2n) is 6.63. The molecule has 1 rings (SSSR count). The Morgan fingerprint density at radius 2 is 1.81 bits per heavy atom. The lowest BCUT2D eigenvalue weighted by Gasteiger charge is -2.31. The van der Waals surface area contributed by atoms with Crippen LogP contribution < -0.4 is 11.1 Å². The predicted molar refractivity (Wildman–Crippen MR) is 106 cm³/mol. The van der Waals surface area contributed by atoms with E-state index in [0.717, 1.165) is 10.5 Å². The quantitative estimate of drug-likeness (QED) is 0.566. The maximum absolute atomic E-state index is 12.9. The van der Waals surface area contributed by atoms with Crippen LogP contribution in [0.4, 0.5) is 0 Å². The highest BCUT2D eigenvalue weighted by Crippen LogP contribution is 2.15. The number of thiol groups is 1. The second kappa shape index (κ2) is 11.0. The highest BCUT2D eigenvalue weighted by molar-refractivity contribution is 7.80. The third-order valence-corrected chi connectivity index (χ3v) is 4.23. The van der Waals surface area contributed by atoms with Gasteiger partial charge in [-0.15, -0.1) is 0 Å². The van der Waals surface area contributed by atoms with Gasteiger partial charge in [0.2, 0.25) is 17.7 Å². The predicted octanol–water partition coefficient (Wildman–Crippen LogP) is 1.39. The van der Waals surface area contributed by atoms with Crippen molar-refractivity contribution in [2.45, 2.75) is 45.2 Å². The van der Waals surface area contributed by atoms with Gasteiger partial charge in [-0.05, 0) is 23.7 Å². The number of carbonyl (C=O) groups excluding carboxylic acids is 3. The van der Waals surface area contributed by atoms with E-state index in [0.29, 0.717) is 6.42 Å². The van der Waals surface area contributed by atoms with Crippen LogP contribution in [0.15, 0.2) is 30.3 Å². The highest BCUT2D eigenvalue weighted by Gasteiger charge is 2.36. The number of imide groups is 1. The van der Waals surface area contributed by atoms with Gasteiger partial charge in [-0.3, -0.25) is 19.3 Å². The highest BCUT2D eigenvalue weighted by atomic mass is 32.1. The van der Waals surface area contributed by atoms with Crippen LogP contribution in [0.2, 0.25) is 0 Å². The number of amides is 3. The average molecular weight is 380 g/mol. The van der Waals surface area contributed by atoms with Gasteiger partial charge in [-0.2, -0.15) is 12.6 Å². The summed E-state index contributed by atoms with van der Waals surface area (Å²) >= 11 is 4.08. The molecule has 0 unspecified atom stereocenters. The van der Waals surface area contributed by atoms with Crippen LogP contribution in [0.1, 0.15) is 32.3 Å². The first-order chi connectivity index (χ1) is 12.3. The van der Waals surface area contributed by atoms with E-state index < -0.39 is 29.8 Å². The molecular formula is C19H29N3O3S. The molecule has 0 aromatic heterocycles. The van der Waals surface area contributed by atoms with Gasteiger partial charge in [0, 0.05) is 19.9 Å². The summed E-state index contributed by atoms with van der Waals surface area (Å²) in [5.74, 6) is -0.869. The van der Waals surface area contributed by atoms with E-state index in [9.17, 15) is 14.4 Å². The molecule has 1 aromatic rings. The minimum atomic E-state index is -0.944. The molecule has 0 radical (unpaired) electrons. The molecule has 6 nitrogen and oxygen atoms in total. The minimum Gasteiger partial charge on any atom is -0.357 e. The van der Waals surface area contributed by atoms with Crippen LogP contribution in [0, 0.1) is 5.92 Å². The second-order valence-corrected chi connectivity index (χ2v) is 7.08. The molecule has 0 saturated heterocycles. The number of likely N-dealkylation sites (N-methyl/N-ethyl adjacent to an activating group) is 1. The van der Waals surface area contributed by atoms with Gasteiger partial charge in [0.25, 0.3) is 0 Å². The van der Waals surface area contributed by atoms with Gasteiger partial charge >= 0.3 is 0 Å². The van der Waals surface area contributed by atoms with Crippen molar-refractivity contribution in [2.75, 3.05) is 12.8 Å². The smallest absolute Gasteiger partial charge is 0.246 e. The number of nitrogens with one attached hydrogen (secondary N) is 1. The Bertz CT molecular complexity index is 607. The molecule has 3 amide bonds. The standard InChI is InChI=1S/C19H29N3O3S/c1-13(2)11-15(20)19(25)22(17(23)9-10-26)16(18(24)21-3)12-14-7-5-4-6-8-14/h4-8,13,15-16,26H,9-12,20H2,1-3H3,(H,21,24)/t15-,16-/m0/s1. The maximum Gasteiger partial charge on any atom is 0.246 e. The van der Waals surface area contributed by atoms with Crippen LogP contribution in [0.3, 0.4) is 0 Å². The van der Waals surface area contributed by atoms with Crippen LogP contribution >= 0.6 is 12.6 Å². The maximum atomic E-state index is 12.9. The number of carbonyl (C=O) groups is 3. The van der Waals surface area contributed by atoms with Crippen molar-refractivity contribution < 1.29 is 14.4 Å². The summed E-state index contributed by atoms with van der Waals surface area (Å²) in [4.78, 5) is 39.1. The fraction of sp³-hybridized carbons (Fsp3) is 0.526. The molecule has 1 aromatic carbocycles. The zero-order valence-electron chi connectivity index (χ0n) is 15.6. The number of nitrogens with zero attached hydrogens (tertiary/aromatic N) is 1. The van der Waals surface area contributed by atoms with E-state index >= 15 is 0 Å². The Labute approximate surface area is 160 Å². The molecule has 0 aliphatic carbocycles. The first-order valence-electron chi connectivity index (χ1n) is 8.79. The van der Waals surface area contributed by atoms with Crippen LogP contribution in [0.25, 0.3) is 0 Å². The van der Waals surface area contributed by atoms with Crippen molar-refractivity contribution in [3.05, 3.63) is 35.9 Å². The third kappa shape index (κ3) is 6.46. The van der Waals surface area contributed by atoms with Crippen molar-refractivity contribution in [3.63, 3.8) is 0 Å². The van der Waals surface area contributed by atoms with E-state index in [1.807, 2.05) is 44.2 Å². The molecular weight excluding hydrogens is 350 g/mol. The summed E-state index contributed by atoms with van der Waals surface area (Å²) in [5, 5.41) is 2.55. The van der Waals surface area contributed by atoms with Crippen molar-refractivity contribution in [3.8, 4) is 0 Å². The van der Waals surface area contributed by atoms with Crippen molar-refractivity contribution >= 4 is 30.4 Å². The summed E-state index contributed by atoms with van der Waals surface area (Å²) < 4.78 is 0. The summed E-state index contributed by atoms with van der Waals surface area (Å²) in [6.07, 6.45) is 0.736. The minimum absolute atomic E-state index is 0.0610. The molecule has 0 aliphatic heterocycles. The first kappa shape index (κ1) is 22.2. The monoisotopic (exact) mass is 379 g/mol. The van der Waals surface area contributed by atoms with E-state index in [1.165, 1.54) is 7.05 Å². The molecule has 144 valence electrons. The first-order valence-corrected chi connectivity index (χ1v) is 9.42. The molecule has 7 heteroatoms. The van der Waals surface area contributed by atoms with Gasteiger partial charge in [0.1, 0.15) is 6.04 Å². The summed E-state index contributed by atoms with van der Waals surface area (Å²) in [7, 11) is 1.49. The molecule has 26 heavy (non-hydrogen) atoms. The van der Waals surface area contributed by atoms with Gasteiger partial charge in [-0.1, -0.05) is 44.2 Å². The zero-order valence-corrected chi connectivity index (χ0v) is 16.5. The molecule has 0 spiro atoms. The Kier molecular flexibility index (Phi) is 9.37. The fourth-order valence-electron chi connectivity index (χ4n) is 2.76. The fourth-order valence-corrected chi connectivity index (χ4v) is 2.95. The van der Waals surface area contributed by atoms with Gasteiger partial charge in [-0.25, -0.2) is 0 Å². The van der Waals surface area contributed by atoms with E-state index in [2.05, 4.69) is 17.9 Å². The molecule has 0 bridgehead atoms. The van der Waals surface area contributed by atoms with Crippen molar-refractivity contribution in [1.29, 1.82) is 0 Å². The lowest BCUT2D eigenvalue weighted by atomic mass is 9.99. The SMILES string of the molecule is CNC(=O)[C@H](Cc1ccccc1)N(C(=O)CCS)C(=O)[C@@H](N)CC(C)C. The number of rotatable bonds is 9. The normalized spacial score (nSPS) is 13.2. The zero-order chi connectivity index (χ0) is 19.7. The average Bonchev–Trinajstić information content (AvgIpc) is 2.60. The molecule has 0 saturated carbocycles. The Morgan fingerprint density at radius 1 is 1.19 bits per heavy atom. The third-order valence-electron chi connectivity index (χ3n) is 4.01. The number of hydrogen-bond donors (Lipinski definition) is 3. The topological polar surface area (TPSA) is 92.5 Å². The summed E-state index contributed by atoms with van der Waals surface area (Å²) in [6.45, 7) is 3.90. The molecule has 0 fully saturated rings. The van der Waals surface area contributed by atoms with Crippen molar-refractivity contribution in [2.24, 2.45) is 11.7 Å². The van der Waals surface area contributed by atoms with E-state index in [4.69, 9.17) is 5.73 Å². The van der Waals surface area contributed by atoms with Crippen LogP contribution in [-0.2, 0) is 20.8 Å². The van der Waals surface area contributed by atoms with Crippen LogP contribution in [-0.4, -0.2) is 47.5 Å². The molecule has 0 heterocycles. The number of nitrogens with two attached hydrogens (primary N) is 1. The Hall–Kier alpha value is -1.86. The van der Waals surface area contributed by atoms with Gasteiger partial charge in [0.05, 0.1) is 6.04 Å². The lowest BCUT2D eigenvalue weighted by molar-refractivity contribution is -0.152. The van der Waals surface area contributed by atoms with Crippen LogP contribution in [0.5, 0.6) is 0 Å². The largest absolute Gasteiger partial charge is 0.357 e. The van der Waals surface area contributed by atoms with E-state index in [-0.39, 0.29) is 24.5 Å². The summed E-state index contributed by atoms with van der Waals surface area (Å²) in [5.41, 5.74) is 6.89. The Balaban J connectivity index is 3.21. The lowest BCUT2D eigenvalue weighted by Crippen LogP contribution is -2.57.